The highest BCUT2D eigenvalue weighted by atomic mass is 35.5. The monoisotopic (exact) mass is 356 g/mol. The molecule has 2 nitrogen and oxygen atoms in total. The summed E-state index contributed by atoms with van der Waals surface area (Å²) in [4.78, 5) is 4.95. The molecule has 0 amide bonds. The van der Waals surface area contributed by atoms with Gasteiger partial charge in [-0.2, -0.15) is 0 Å². The van der Waals surface area contributed by atoms with Gasteiger partial charge < -0.3 is 5.32 Å². The van der Waals surface area contributed by atoms with Crippen LogP contribution < -0.4 is 5.32 Å². The quantitative estimate of drug-likeness (QED) is 0.701. The van der Waals surface area contributed by atoms with Crippen LogP contribution >= 0.6 is 11.6 Å². The van der Waals surface area contributed by atoms with Crippen LogP contribution in [0.25, 0.3) is 0 Å². The fourth-order valence-corrected chi connectivity index (χ4v) is 4.41. The molecule has 0 atom stereocenters. The van der Waals surface area contributed by atoms with E-state index in [1.165, 1.54) is 25.3 Å². The van der Waals surface area contributed by atoms with Crippen molar-refractivity contribution in [3.05, 3.63) is 64.4 Å². The molecule has 4 rings (SSSR count). The lowest BCUT2D eigenvalue weighted by Gasteiger charge is -2.42. The van der Waals surface area contributed by atoms with Gasteiger partial charge in [-0.1, -0.05) is 43.0 Å². The van der Waals surface area contributed by atoms with Gasteiger partial charge in [0, 0.05) is 16.1 Å². The molecule has 2 aromatic carbocycles. The Morgan fingerprint density at radius 3 is 2.72 bits per heavy atom. The van der Waals surface area contributed by atoms with Crippen molar-refractivity contribution in [2.24, 2.45) is 10.4 Å². The molecular weight excluding hydrogens is 335 g/mol. The Bertz CT molecular complexity index is 809. The van der Waals surface area contributed by atoms with Crippen LogP contribution in [0.4, 0.5) is 10.1 Å². The van der Waals surface area contributed by atoms with Gasteiger partial charge in [0.15, 0.2) is 0 Å². The number of hydrogen-bond acceptors (Lipinski definition) is 1. The second-order valence-electron chi connectivity index (χ2n) is 7.24. The molecule has 1 spiro atoms. The van der Waals surface area contributed by atoms with Gasteiger partial charge in [0.05, 0.1) is 6.54 Å². The average molecular weight is 357 g/mol. The van der Waals surface area contributed by atoms with Crippen LogP contribution in [0.2, 0.25) is 5.02 Å². The van der Waals surface area contributed by atoms with Crippen molar-refractivity contribution in [1.29, 1.82) is 0 Å². The first kappa shape index (κ1) is 16.6. The van der Waals surface area contributed by atoms with E-state index in [2.05, 4.69) is 11.4 Å². The Morgan fingerprint density at radius 2 is 1.92 bits per heavy atom. The second-order valence-corrected chi connectivity index (χ2v) is 7.68. The van der Waals surface area contributed by atoms with Gasteiger partial charge in [0.25, 0.3) is 0 Å². The second kappa shape index (κ2) is 6.80. The lowest BCUT2D eigenvalue weighted by molar-refractivity contribution is 0.278. The van der Waals surface area contributed by atoms with Gasteiger partial charge in [-0.15, -0.1) is 0 Å². The highest BCUT2D eigenvalue weighted by Gasteiger charge is 2.41. The van der Waals surface area contributed by atoms with E-state index in [4.69, 9.17) is 16.6 Å². The first-order valence-electron chi connectivity index (χ1n) is 8.99. The molecule has 2 aliphatic rings. The van der Waals surface area contributed by atoms with E-state index in [0.717, 1.165) is 46.9 Å². The summed E-state index contributed by atoms with van der Waals surface area (Å²) in [6.07, 6.45) is 6.81. The molecular formula is C21H22ClFN2. The van der Waals surface area contributed by atoms with E-state index >= 15 is 0 Å². The molecule has 0 radical (unpaired) electrons. The van der Waals surface area contributed by atoms with E-state index in [9.17, 15) is 4.39 Å². The summed E-state index contributed by atoms with van der Waals surface area (Å²) in [5, 5.41) is 4.26. The fourth-order valence-electron chi connectivity index (χ4n) is 4.19. The van der Waals surface area contributed by atoms with Crippen molar-refractivity contribution in [2.75, 3.05) is 5.32 Å². The molecule has 1 saturated carbocycles. The summed E-state index contributed by atoms with van der Waals surface area (Å²) in [5.74, 6) is 0.900. The van der Waals surface area contributed by atoms with E-state index in [0.29, 0.717) is 6.54 Å². The molecule has 1 N–H and O–H groups in total. The van der Waals surface area contributed by atoms with E-state index in [1.54, 1.807) is 6.07 Å². The molecule has 1 aliphatic heterocycles. The van der Waals surface area contributed by atoms with Gasteiger partial charge >= 0.3 is 0 Å². The van der Waals surface area contributed by atoms with Crippen LogP contribution in [0.15, 0.2) is 47.5 Å². The molecule has 25 heavy (non-hydrogen) atoms. The summed E-state index contributed by atoms with van der Waals surface area (Å²) in [6, 6.07) is 12.9. The van der Waals surface area contributed by atoms with Crippen LogP contribution in [0.5, 0.6) is 0 Å². The number of halogens is 2. The van der Waals surface area contributed by atoms with Crippen LogP contribution in [0.3, 0.4) is 0 Å². The maximum Gasteiger partial charge on any atom is 0.123 e. The number of benzene rings is 2. The van der Waals surface area contributed by atoms with Gasteiger partial charge in [0.1, 0.15) is 11.7 Å². The third-order valence-electron chi connectivity index (χ3n) is 5.47. The molecule has 0 unspecified atom stereocenters. The summed E-state index contributed by atoms with van der Waals surface area (Å²) in [7, 11) is 0. The minimum absolute atomic E-state index is 0.0254. The molecule has 0 saturated heterocycles. The summed E-state index contributed by atoms with van der Waals surface area (Å²) < 4.78 is 13.7. The van der Waals surface area contributed by atoms with Crippen LogP contribution in [0.1, 0.15) is 43.2 Å². The number of hydrogen-bond donors (Lipinski definition) is 1. The average Bonchev–Trinajstić information content (AvgIpc) is 2.61. The third-order valence-corrected chi connectivity index (χ3v) is 5.71. The molecule has 0 aromatic heterocycles. The van der Waals surface area contributed by atoms with Crippen LogP contribution in [-0.4, -0.2) is 5.84 Å². The molecule has 1 aliphatic carbocycles. The van der Waals surface area contributed by atoms with Gasteiger partial charge in [-0.25, -0.2) is 4.39 Å². The highest BCUT2D eigenvalue weighted by Crippen LogP contribution is 2.45. The van der Waals surface area contributed by atoms with Crippen molar-refractivity contribution < 1.29 is 4.39 Å². The normalized spacial score (nSPS) is 20.3. The predicted octanol–water partition coefficient (Wildman–Crippen LogP) is 6.00. The Balaban J connectivity index is 1.68. The smallest absolute Gasteiger partial charge is 0.123 e. The fraction of sp³-hybridized carbons (Fsp3) is 0.381. The zero-order valence-electron chi connectivity index (χ0n) is 14.2. The van der Waals surface area contributed by atoms with Gasteiger partial charge in [-0.3, -0.25) is 4.99 Å². The lowest BCUT2D eigenvalue weighted by Crippen LogP contribution is -2.43. The number of fused-ring (bicyclic) bond motifs is 1. The summed E-state index contributed by atoms with van der Waals surface area (Å²) in [5.41, 5.74) is 3.20. The minimum Gasteiger partial charge on any atom is -0.343 e. The van der Waals surface area contributed by atoms with Gasteiger partial charge in [0.2, 0.25) is 0 Å². The topological polar surface area (TPSA) is 24.4 Å². The summed E-state index contributed by atoms with van der Waals surface area (Å²) in [6.45, 7) is 0.612. The molecule has 0 bridgehead atoms. The third kappa shape index (κ3) is 3.43. The zero-order valence-corrected chi connectivity index (χ0v) is 15.0. The Hall–Kier alpha value is -1.87. The SMILES string of the molecule is Fc1ccc2c(c1)CC1(CCCCC1)C(=NCc1cccc(Cl)c1)N2. The van der Waals surface area contributed by atoms with Crippen molar-refractivity contribution in [2.45, 2.75) is 45.1 Å². The lowest BCUT2D eigenvalue weighted by atomic mass is 9.67. The Kier molecular flexibility index (Phi) is 4.51. The number of rotatable bonds is 2. The largest absolute Gasteiger partial charge is 0.343 e. The minimum atomic E-state index is -0.161. The van der Waals surface area contributed by atoms with Crippen molar-refractivity contribution in [1.82, 2.24) is 0 Å². The molecule has 2 aromatic rings. The Morgan fingerprint density at radius 1 is 1.08 bits per heavy atom. The number of nitrogens with one attached hydrogen (secondary N) is 1. The van der Waals surface area contributed by atoms with Crippen LogP contribution in [0, 0.1) is 11.2 Å². The molecule has 130 valence electrons. The van der Waals surface area contributed by atoms with Crippen LogP contribution in [-0.2, 0) is 13.0 Å². The zero-order chi connectivity index (χ0) is 17.3. The van der Waals surface area contributed by atoms with Crippen molar-refractivity contribution in [3.63, 3.8) is 0 Å². The van der Waals surface area contributed by atoms with Crippen molar-refractivity contribution >= 4 is 23.1 Å². The molecule has 1 heterocycles. The maximum absolute atomic E-state index is 13.7. The summed E-state index contributed by atoms with van der Waals surface area (Å²) >= 11 is 6.09. The van der Waals surface area contributed by atoms with E-state index in [-0.39, 0.29) is 11.2 Å². The molecule has 1 fully saturated rings. The maximum atomic E-state index is 13.7. The van der Waals surface area contributed by atoms with E-state index < -0.39 is 0 Å². The first-order valence-corrected chi connectivity index (χ1v) is 9.37. The number of amidine groups is 1. The molecule has 4 heteroatoms. The van der Waals surface area contributed by atoms with E-state index in [1.807, 2.05) is 24.3 Å². The number of nitrogens with zero attached hydrogens (tertiary/aromatic N) is 1. The number of anilines is 1. The van der Waals surface area contributed by atoms with Gasteiger partial charge in [-0.05, 0) is 60.7 Å². The predicted molar refractivity (Wildman–Crippen MR) is 102 cm³/mol. The number of aliphatic imine (C=N–C) groups is 1. The standard InChI is InChI=1S/C21H22ClFN2/c22-17-6-4-5-15(11-17)14-24-20-21(9-2-1-3-10-21)13-16-12-18(23)7-8-19(16)25-20/h4-8,11-12H,1-3,9-10,13-14H2,(H,24,25). The Labute approximate surface area is 153 Å². The van der Waals surface area contributed by atoms with Crippen molar-refractivity contribution in [3.8, 4) is 0 Å². The highest BCUT2D eigenvalue weighted by molar-refractivity contribution is 6.30. The first-order chi connectivity index (χ1) is 12.1.